The van der Waals surface area contributed by atoms with Gasteiger partial charge in [0.2, 0.25) is 0 Å². The van der Waals surface area contributed by atoms with E-state index in [1.165, 1.54) is 24.5 Å². The van der Waals surface area contributed by atoms with E-state index in [4.69, 9.17) is 4.74 Å². The predicted octanol–water partition coefficient (Wildman–Crippen LogP) is 6.65. The molecule has 4 aliphatic heterocycles. The molecule has 6 heterocycles. The molecule has 2 saturated heterocycles. The van der Waals surface area contributed by atoms with Crippen LogP contribution in [-0.2, 0) is 22.8 Å². The quantitative estimate of drug-likeness (QED) is 0.308. The minimum Gasteiger partial charge on any atom is -0.385 e. The maximum Gasteiger partial charge on any atom is 0.278 e. The third-order valence-corrected chi connectivity index (χ3v) is 10.7. The molecule has 0 spiro atoms. The predicted molar refractivity (Wildman–Crippen MR) is 172 cm³/mol. The zero-order chi connectivity index (χ0) is 32.6. The Balaban J connectivity index is 1.44. The van der Waals surface area contributed by atoms with Crippen LogP contribution in [0.5, 0.6) is 0 Å². The topological polar surface area (TPSA) is 92.5 Å². The van der Waals surface area contributed by atoms with Crippen molar-refractivity contribution in [2.45, 2.75) is 115 Å². The highest BCUT2D eigenvalue weighted by atomic mass is 19.3. The lowest BCUT2D eigenvalue weighted by Gasteiger charge is -2.43. The maximum atomic E-state index is 16.1. The van der Waals surface area contributed by atoms with Gasteiger partial charge in [0, 0.05) is 61.7 Å². The van der Waals surface area contributed by atoms with Gasteiger partial charge in [-0.1, -0.05) is 37.5 Å². The minimum atomic E-state index is -3.33. The van der Waals surface area contributed by atoms with E-state index in [1.807, 2.05) is 6.92 Å². The second-order valence-electron chi connectivity index (χ2n) is 13.7. The van der Waals surface area contributed by atoms with Crippen LogP contribution in [0.2, 0.25) is 0 Å². The van der Waals surface area contributed by atoms with Crippen LogP contribution in [0.3, 0.4) is 0 Å². The Bertz CT molecular complexity index is 1610. The second kappa shape index (κ2) is 13.2. The number of aliphatic hydroxyl groups is 1. The zero-order valence-corrected chi connectivity index (χ0v) is 27.1. The fourth-order valence-corrected chi connectivity index (χ4v) is 7.86. The summed E-state index contributed by atoms with van der Waals surface area (Å²) in [4.78, 5) is 25.2. The summed E-state index contributed by atoms with van der Waals surface area (Å²) in [5, 5.41) is 15.4. The number of alkyl halides is 2. The first-order chi connectivity index (χ1) is 22.0. The smallest absolute Gasteiger partial charge is 0.278 e. The van der Waals surface area contributed by atoms with Crippen LogP contribution in [0.25, 0.3) is 11.0 Å². The molecule has 5 atom stereocenters. The number of halogens is 3. The molecule has 8 nitrogen and oxygen atoms in total. The molecule has 2 fully saturated rings. The van der Waals surface area contributed by atoms with E-state index in [1.54, 1.807) is 17.6 Å². The van der Waals surface area contributed by atoms with Crippen molar-refractivity contribution >= 4 is 16.9 Å². The molecule has 46 heavy (non-hydrogen) atoms. The minimum absolute atomic E-state index is 0.0303. The fourth-order valence-electron chi connectivity index (χ4n) is 7.86. The lowest BCUT2D eigenvalue weighted by atomic mass is 9.82. The van der Waals surface area contributed by atoms with Gasteiger partial charge in [-0.25, -0.2) is 23.1 Å². The normalized spacial score (nSPS) is 28.8. The van der Waals surface area contributed by atoms with Crippen molar-refractivity contribution in [3.05, 3.63) is 63.5 Å². The molecule has 0 radical (unpaired) electrons. The summed E-state index contributed by atoms with van der Waals surface area (Å²) in [6.07, 6.45) is 7.12. The first-order valence-electron chi connectivity index (χ1n) is 16.9. The number of nitrogens with zero attached hydrogens (tertiary/aromatic N) is 4. The third-order valence-electron chi connectivity index (χ3n) is 10.7. The molecular formula is C35H46F3N5O3. The summed E-state index contributed by atoms with van der Waals surface area (Å²) in [6, 6.07) is 5.34. The SMILES string of the molecule is CC1CCCCCCn2c(=O)c(C3(O)CCOCC3)cc3c(ncnc32)N[C@H](C)c2cccc(c2F)C(F)(F)C2CCN1C(C)C2. The molecule has 4 aliphatic rings. The Hall–Kier alpha value is -3.02. The third kappa shape index (κ3) is 6.18. The van der Waals surface area contributed by atoms with Crippen molar-refractivity contribution < 1.29 is 23.0 Å². The monoisotopic (exact) mass is 641 g/mol. The first kappa shape index (κ1) is 32.9. The summed E-state index contributed by atoms with van der Waals surface area (Å²) in [5.74, 6) is -4.87. The van der Waals surface area contributed by atoms with Gasteiger partial charge in [-0.15, -0.1) is 0 Å². The van der Waals surface area contributed by atoms with E-state index in [-0.39, 0.29) is 41.6 Å². The Morgan fingerprint density at radius 2 is 1.74 bits per heavy atom. The average molecular weight is 642 g/mol. The van der Waals surface area contributed by atoms with E-state index in [0.717, 1.165) is 32.1 Å². The van der Waals surface area contributed by atoms with Crippen LogP contribution in [0.15, 0.2) is 35.4 Å². The molecule has 4 unspecified atom stereocenters. The Morgan fingerprint density at radius 1 is 0.978 bits per heavy atom. The zero-order valence-electron chi connectivity index (χ0n) is 27.1. The molecule has 0 aliphatic carbocycles. The van der Waals surface area contributed by atoms with Crippen LogP contribution >= 0.6 is 0 Å². The van der Waals surface area contributed by atoms with E-state index >= 15 is 13.2 Å². The Kier molecular flexibility index (Phi) is 9.47. The average Bonchev–Trinajstić information content (AvgIpc) is 3.03. The van der Waals surface area contributed by atoms with Gasteiger partial charge in [-0.2, -0.15) is 0 Å². The van der Waals surface area contributed by atoms with Crippen molar-refractivity contribution in [3.63, 3.8) is 0 Å². The summed E-state index contributed by atoms with van der Waals surface area (Å²) < 4.78 is 55.4. The molecular weight excluding hydrogens is 595 g/mol. The number of ether oxygens (including phenoxy) is 1. The van der Waals surface area contributed by atoms with Crippen molar-refractivity contribution in [3.8, 4) is 0 Å². The highest BCUT2D eigenvalue weighted by molar-refractivity contribution is 5.87. The van der Waals surface area contributed by atoms with Crippen molar-refractivity contribution in [2.24, 2.45) is 5.92 Å². The summed E-state index contributed by atoms with van der Waals surface area (Å²) in [7, 11) is 0. The lowest BCUT2D eigenvalue weighted by molar-refractivity contribution is -0.100. The number of hydrogen-bond donors (Lipinski definition) is 2. The van der Waals surface area contributed by atoms with Crippen LogP contribution in [0, 0.1) is 11.7 Å². The van der Waals surface area contributed by atoms with Crippen LogP contribution < -0.4 is 10.9 Å². The molecule has 1 aromatic carbocycles. The maximum absolute atomic E-state index is 16.1. The van der Waals surface area contributed by atoms with Crippen LogP contribution in [-0.4, -0.2) is 56.4 Å². The van der Waals surface area contributed by atoms with Gasteiger partial charge in [0.15, 0.2) is 0 Å². The summed E-state index contributed by atoms with van der Waals surface area (Å²) in [6.45, 7) is 7.52. The van der Waals surface area contributed by atoms with Gasteiger partial charge in [0.05, 0.1) is 22.6 Å². The van der Waals surface area contributed by atoms with Gasteiger partial charge in [0.25, 0.3) is 11.5 Å². The lowest BCUT2D eigenvalue weighted by Crippen LogP contribution is -2.48. The van der Waals surface area contributed by atoms with Crippen molar-refractivity contribution in [2.75, 3.05) is 25.1 Å². The molecule has 11 heteroatoms. The molecule has 8 bridgehead atoms. The van der Waals surface area contributed by atoms with Gasteiger partial charge in [-0.3, -0.25) is 14.3 Å². The van der Waals surface area contributed by atoms with Crippen LogP contribution in [0.1, 0.15) is 101 Å². The van der Waals surface area contributed by atoms with E-state index < -0.39 is 34.9 Å². The number of pyridine rings is 1. The molecule has 0 saturated carbocycles. The van der Waals surface area contributed by atoms with E-state index in [2.05, 4.69) is 27.1 Å². The van der Waals surface area contributed by atoms with Crippen LogP contribution in [0.4, 0.5) is 19.0 Å². The number of nitrogens with one attached hydrogen (secondary N) is 1. The van der Waals surface area contributed by atoms with Gasteiger partial charge >= 0.3 is 0 Å². The highest BCUT2D eigenvalue weighted by Crippen LogP contribution is 2.45. The van der Waals surface area contributed by atoms with Gasteiger partial charge in [-0.05, 0) is 59.1 Å². The Morgan fingerprint density at radius 3 is 2.50 bits per heavy atom. The fraction of sp³-hybridized carbons (Fsp3) is 0.629. The number of fused-ring (bicyclic) bond motifs is 9. The number of hydrogen-bond acceptors (Lipinski definition) is 7. The number of benzene rings is 1. The largest absolute Gasteiger partial charge is 0.385 e. The number of piperidine rings is 1. The Labute approximate surface area is 268 Å². The molecule has 7 rings (SSSR count). The summed E-state index contributed by atoms with van der Waals surface area (Å²) in [5.41, 5.74) is -1.47. The van der Waals surface area contributed by atoms with E-state index in [9.17, 15) is 9.90 Å². The summed E-state index contributed by atoms with van der Waals surface area (Å²) >= 11 is 0. The molecule has 2 N–H and O–H groups in total. The number of aryl methyl sites for hydroxylation is 1. The number of rotatable bonds is 1. The van der Waals surface area contributed by atoms with E-state index in [0.29, 0.717) is 56.0 Å². The number of anilines is 1. The van der Waals surface area contributed by atoms with Crippen molar-refractivity contribution in [1.82, 2.24) is 19.4 Å². The van der Waals surface area contributed by atoms with Gasteiger partial charge < -0.3 is 15.2 Å². The highest BCUT2D eigenvalue weighted by Gasteiger charge is 2.47. The van der Waals surface area contributed by atoms with Gasteiger partial charge in [0.1, 0.15) is 23.6 Å². The molecule has 2 aromatic heterocycles. The molecule has 0 amide bonds. The second-order valence-corrected chi connectivity index (χ2v) is 13.7. The standard InChI is InChI=1S/C35H46F3N5O3/c1-22-9-6-4-5-7-15-43-32-27(20-29(33(43)44)34(45)13-17-46-18-14-34)31(39-21-40-32)41-24(3)26-10-8-11-28(30(26)36)35(37,38)25-12-16-42(22)23(2)19-25/h8,10-11,20-25,45H,4-7,9,12-19H2,1-3H3,(H,39,40,41)/t22?,23?,24-,25?/m1/s1. The first-order valence-corrected chi connectivity index (χ1v) is 16.9. The molecule has 3 aromatic rings. The number of aromatic nitrogens is 3. The molecule has 250 valence electrons. The van der Waals surface area contributed by atoms with Crippen molar-refractivity contribution in [1.29, 1.82) is 0 Å².